The van der Waals surface area contributed by atoms with Crippen molar-refractivity contribution in [3.63, 3.8) is 0 Å². The lowest BCUT2D eigenvalue weighted by Crippen LogP contribution is -2.44. The standard InChI is InChI=1S/C16H19NS/c1-2-5-15-14(4-1)12(11-18-15)10-16(13-6-7-13)8-3-9-17-16/h1-2,4-5,11,13,17H,3,6-10H2. The number of nitrogens with one attached hydrogen (secondary N) is 1. The maximum absolute atomic E-state index is 3.84. The predicted molar refractivity (Wildman–Crippen MR) is 78.2 cm³/mol. The van der Waals surface area contributed by atoms with Gasteiger partial charge in [0.1, 0.15) is 0 Å². The molecule has 0 radical (unpaired) electrons. The van der Waals surface area contributed by atoms with Gasteiger partial charge in [0.25, 0.3) is 0 Å². The van der Waals surface area contributed by atoms with E-state index in [9.17, 15) is 0 Å². The van der Waals surface area contributed by atoms with E-state index in [1.807, 2.05) is 11.3 Å². The van der Waals surface area contributed by atoms with E-state index in [-0.39, 0.29) is 0 Å². The molecule has 18 heavy (non-hydrogen) atoms. The van der Waals surface area contributed by atoms with Crippen LogP contribution in [0.2, 0.25) is 0 Å². The molecule has 1 N–H and O–H groups in total. The first kappa shape index (κ1) is 11.0. The van der Waals surface area contributed by atoms with Crippen LogP contribution < -0.4 is 5.32 Å². The van der Waals surface area contributed by atoms with Crippen LogP contribution >= 0.6 is 11.3 Å². The Kier molecular flexibility index (Phi) is 2.49. The van der Waals surface area contributed by atoms with Crippen molar-refractivity contribution in [2.75, 3.05) is 6.54 Å². The first-order chi connectivity index (χ1) is 8.87. The predicted octanol–water partition coefficient (Wildman–Crippen LogP) is 3.98. The first-order valence-corrected chi connectivity index (χ1v) is 7.95. The number of fused-ring (bicyclic) bond motifs is 1. The lowest BCUT2D eigenvalue weighted by molar-refractivity contribution is 0.324. The molecule has 1 aromatic carbocycles. The summed E-state index contributed by atoms with van der Waals surface area (Å²) in [6.07, 6.45) is 6.85. The van der Waals surface area contributed by atoms with Crippen LogP contribution in [-0.4, -0.2) is 12.1 Å². The molecule has 2 fully saturated rings. The molecule has 94 valence electrons. The monoisotopic (exact) mass is 257 g/mol. The van der Waals surface area contributed by atoms with E-state index in [0.717, 1.165) is 5.92 Å². The van der Waals surface area contributed by atoms with Crippen molar-refractivity contribution in [3.8, 4) is 0 Å². The normalized spacial score (nSPS) is 28.0. The molecule has 1 aliphatic carbocycles. The highest BCUT2D eigenvalue weighted by atomic mass is 32.1. The lowest BCUT2D eigenvalue weighted by atomic mass is 9.84. The molecule has 4 rings (SSSR count). The van der Waals surface area contributed by atoms with Crippen molar-refractivity contribution >= 4 is 21.4 Å². The van der Waals surface area contributed by atoms with Crippen LogP contribution in [0.1, 0.15) is 31.2 Å². The Morgan fingerprint density at radius 2 is 2.17 bits per heavy atom. The molecular formula is C16H19NS. The van der Waals surface area contributed by atoms with Crippen molar-refractivity contribution in [3.05, 3.63) is 35.2 Å². The van der Waals surface area contributed by atoms with E-state index in [1.165, 1.54) is 48.7 Å². The van der Waals surface area contributed by atoms with E-state index >= 15 is 0 Å². The summed E-state index contributed by atoms with van der Waals surface area (Å²) in [4.78, 5) is 0. The highest BCUT2D eigenvalue weighted by molar-refractivity contribution is 7.17. The van der Waals surface area contributed by atoms with Gasteiger partial charge in [0.05, 0.1) is 0 Å². The van der Waals surface area contributed by atoms with E-state index in [1.54, 1.807) is 5.56 Å². The SMILES string of the molecule is c1ccc2c(CC3(C4CC4)CCCN3)csc2c1. The second-order valence-corrected chi connectivity index (χ2v) is 6.81. The Hall–Kier alpha value is -0.860. The summed E-state index contributed by atoms with van der Waals surface area (Å²) < 4.78 is 1.44. The second kappa shape index (κ2) is 4.07. The van der Waals surface area contributed by atoms with Gasteiger partial charge in [0, 0.05) is 10.2 Å². The van der Waals surface area contributed by atoms with Crippen LogP contribution in [0.3, 0.4) is 0 Å². The van der Waals surface area contributed by atoms with Crippen molar-refractivity contribution in [1.82, 2.24) is 5.32 Å². The van der Waals surface area contributed by atoms with Gasteiger partial charge in [-0.2, -0.15) is 0 Å². The van der Waals surface area contributed by atoms with Gasteiger partial charge in [-0.25, -0.2) is 0 Å². The van der Waals surface area contributed by atoms with Crippen LogP contribution in [0.4, 0.5) is 0 Å². The Bertz CT molecular complexity index is 561. The fourth-order valence-electron chi connectivity index (χ4n) is 3.62. The number of rotatable bonds is 3. The summed E-state index contributed by atoms with van der Waals surface area (Å²) in [5.74, 6) is 0.943. The third kappa shape index (κ3) is 1.70. The number of hydrogen-bond donors (Lipinski definition) is 1. The van der Waals surface area contributed by atoms with Gasteiger partial charge in [-0.15, -0.1) is 11.3 Å². The summed E-state index contributed by atoms with van der Waals surface area (Å²) in [6, 6.07) is 8.85. The minimum Gasteiger partial charge on any atom is -0.311 e. The highest BCUT2D eigenvalue weighted by Crippen LogP contribution is 2.46. The fraction of sp³-hybridized carbons (Fsp3) is 0.500. The van der Waals surface area contributed by atoms with Crippen molar-refractivity contribution in [2.24, 2.45) is 5.92 Å². The van der Waals surface area contributed by atoms with Crippen LogP contribution in [0.5, 0.6) is 0 Å². The van der Waals surface area contributed by atoms with Gasteiger partial charge in [0.15, 0.2) is 0 Å². The zero-order valence-corrected chi connectivity index (χ0v) is 11.4. The third-order valence-corrected chi connectivity index (χ3v) is 5.71. The van der Waals surface area contributed by atoms with Gasteiger partial charge < -0.3 is 5.32 Å². The largest absolute Gasteiger partial charge is 0.311 e. The summed E-state index contributed by atoms with van der Waals surface area (Å²) in [5.41, 5.74) is 2.00. The smallest absolute Gasteiger partial charge is 0.0345 e. The molecule has 2 heterocycles. The van der Waals surface area contributed by atoms with E-state index in [2.05, 4.69) is 35.0 Å². The summed E-state index contributed by atoms with van der Waals surface area (Å²) in [6.45, 7) is 1.22. The van der Waals surface area contributed by atoms with Crippen molar-refractivity contribution in [1.29, 1.82) is 0 Å². The van der Waals surface area contributed by atoms with Gasteiger partial charge in [-0.1, -0.05) is 18.2 Å². The average Bonchev–Trinajstić information content (AvgIpc) is 3.05. The highest BCUT2D eigenvalue weighted by Gasteiger charge is 2.46. The molecule has 1 saturated heterocycles. The molecule has 1 aromatic heterocycles. The Morgan fingerprint density at radius 3 is 2.94 bits per heavy atom. The number of benzene rings is 1. The van der Waals surface area contributed by atoms with Crippen LogP contribution in [0.25, 0.3) is 10.1 Å². The minimum atomic E-state index is 0.434. The van der Waals surface area contributed by atoms with Crippen molar-refractivity contribution in [2.45, 2.75) is 37.6 Å². The molecule has 1 unspecified atom stereocenters. The van der Waals surface area contributed by atoms with Crippen molar-refractivity contribution < 1.29 is 0 Å². The number of hydrogen-bond acceptors (Lipinski definition) is 2. The quantitative estimate of drug-likeness (QED) is 0.877. The molecule has 1 atom stereocenters. The molecule has 2 aliphatic rings. The average molecular weight is 257 g/mol. The molecule has 1 saturated carbocycles. The third-order valence-electron chi connectivity index (χ3n) is 4.70. The molecule has 0 bridgehead atoms. The van der Waals surface area contributed by atoms with E-state index < -0.39 is 0 Å². The molecule has 2 heteroatoms. The number of thiophene rings is 1. The molecular weight excluding hydrogens is 238 g/mol. The van der Waals surface area contributed by atoms with Gasteiger partial charge in [0.2, 0.25) is 0 Å². The van der Waals surface area contributed by atoms with Gasteiger partial charge in [-0.3, -0.25) is 0 Å². The summed E-state index contributed by atoms with van der Waals surface area (Å²) in [7, 11) is 0. The maximum atomic E-state index is 3.84. The zero-order chi connectivity index (χ0) is 12.0. The molecule has 1 aliphatic heterocycles. The van der Waals surface area contributed by atoms with Gasteiger partial charge in [-0.05, 0) is 67.0 Å². The van der Waals surface area contributed by atoms with Crippen LogP contribution in [0, 0.1) is 5.92 Å². The summed E-state index contributed by atoms with van der Waals surface area (Å²) in [5, 5.41) is 7.71. The van der Waals surface area contributed by atoms with E-state index in [0.29, 0.717) is 5.54 Å². The fourth-order valence-corrected chi connectivity index (χ4v) is 4.58. The van der Waals surface area contributed by atoms with Gasteiger partial charge >= 0.3 is 0 Å². The first-order valence-electron chi connectivity index (χ1n) is 7.08. The Morgan fingerprint density at radius 1 is 1.28 bits per heavy atom. The Balaban J connectivity index is 1.70. The zero-order valence-electron chi connectivity index (χ0n) is 10.6. The maximum Gasteiger partial charge on any atom is 0.0345 e. The molecule has 0 amide bonds. The topological polar surface area (TPSA) is 12.0 Å². The summed E-state index contributed by atoms with van der Waals surface area (Å²) >= 11 is 1.90. The lowest BCUT2D eigenvalue weighted by Gasteiger charge is -2.29. The van der Waals surface area contributed by atoms with E-state index in [4.69, 9.17) is 0 Å². The second-order valence-electron chi connectivity index (χ2n) is 5.89. The van der Waals surface area contributed by atoms with Crippen LogP contribution in [-0.2, 0) is 6.42 Å². The Labute approximate surface area is 112 Å². The molecule has 2 aromatic rings. The minimum absolute atomic E-state index is 0.434. The van der Waals surface area contributed by atoms with Crippen LogP contribution in [0.15, 0.2) is 29.6 Å². The molecule has 0 spiro atoms. The molecule has 1 nitrogen and oxygen atoms in total.